The van der Waals surface area contributed by atoms with Gasteiger partial charge < -0.3 is 4.90 Å². The van der Waals surface area contributed by atoms with Crippen molar-refractivity contribution in [2.45, 2.75) is 33.6 Å². The van der Waals surface area contributed by atoms with Gasteiger partial charge in [-0.3, -0.25) is 4.79 Å². The first-order valence-electron chi connectivity index (χ1n) is 6.19. The number of benzene rings is 1. The number of fused-ring (bicyclic) bond motifs is 1. The summed E-state index contributed by atoms with van der Waals surface area (Å²) in [6.45, 7) is 7.26. The fraction of sp³-hybridized carbons (Fsp3) is 0.500. The van der Waals surface area contributed by atoms with Crippen molar-refractivity contribution in [3.63, 3.8) is 0 Å². The van der Waals surface area contributed by atoms with Crippen molar-refractivity contribution in [3.05, 3.63) is 34.3 Å². The maximum atomic E-state index is 11.3. The molecule has 1 aromatic carbocycles. The van der Waals surface area contributed by atoms with Crippen LogP contribution in [0.1, 0.15) is 31.9 Å². The lowest BCUT2D eigenvalue weighted by atomic mass is 10.0. The monoisotopic (exact) mass is 253 g/mol. The average Bonchev–Trinajstić information content (AvgIpc) is 2.53. The SMILES string of the molecule is CC.CC(=O)N1CCc2ccc(Cl)cc2CC1. The Kier molecular flexibility index (Phi) is 5.49. The van der Waals surface area contributed by atoms with Gasteiger partial charge in [-0.25, -0.2) is 0 Å². The third-order valence-corrected chi connectivity index (χ3v) is 3.15. The van der Waals surface area contributed by atoms with E-state index in [1.807, 2.05) is 30.9 Å². The second-order valence-electron chi connectivity index (χ2n) is 3.92. The molecule has 0 N–H and O–H groups in total. The molecule has 0 fully saturated rings. The first-order chi connectivity index (χ1) is 8.16. The van der Waals surface area contributed by atoms with Gasteiger partial charge in [0.25, 0.3) is 0 Å². The highest BCUT2D eigenvalue weighted by molar-refractivity contribution is 6.30. The van der Waals surface area contributed by atoms with Crippen LogP contribution in [0.4, 0.5) is 0 Å². The summed E-state index contributed by atoms with van der Waals surface area (Å²) in [5.41, 5.74) is 2.61. The number of carbonyl (C=O) groups excluding carboxylic acids is 1. The normalized spacial score (nSPS) is 14.2. The van der Waals surface area contributed by atoms with E-state index in [4.69, 9.17) is 11.6 Å². The molecule has 0 aliphatic carbocycles. The summed E-state index contributed by atoms with van der Waals surface area (Å²) < 4.78 is 0. The molecule has 0 bridgehead atoms. The van der Waals surface area contributed by atoms with E-state index >= 15 is 0 Å². The molecule has 1 aromatic rings. The van der Waals surface area contributed by atoms with E-state index < -0.39 is 0 Å². The lowest BCUT2D eigenvalue weighted by Gasteiger charge is -2.17. The molecule has 1 aliphatic heterocycles. The van der Waals surface area contributed by atoms with E-state index in [9.17, 15) is 4.79 Å². The zero-order valence-corrected chi connectivity index (χ0v) is 11.5. The molecule has 3 heteroatoms. The first-order valence-corrected chi connectivity index (χ1v) is 6.57. The van der Waals surface area contributed by atoms with Crippen molar-refractivity contribution < 1.29 is 4.79 Å². The van der Waals surface area contributed by atoms with Gasteiger partial charge in [0.05, 0.1) is 0 Å². The minimum absolute atomic E-state index is 0.161. The van der Waals surface area contributed by atoms with Gasteiger partial charge in [-0.05, 0) is 36.1 Å². The predicted molar refractivity (Wildman–Crippen MR) is 72.5 cm³/mol. The van der Waals surface area contributed by atoms with Crippen LogP contribution in [-0.2, 0) is 17.6 Å². The second-order valence-corrected chi connectivity index (χ2v) is 4.36. The van der Waals surface area contributed by atoms with Crippen LogP contribution in [0, 0.1) is 0 Å². The maximum Gasteiger partial charge on any atom is 0.219 e. The van der Waals surface area contributed by atoms with Gasteiger partial charge >= 0.3 is 0 Å². The van der Waals surface area contributed by atoms with Crippen molar-refractivity contribution in [2.75, 3.05) is 13.1 Å². The van der Waals surface area contributed by atoms with Crippen molar-refractivity contribution in [2.24, 2.45) is 0 Å². The van der Waals surface area contributed by atoms with E-state index in [0.717, 1.165) is 31.0 Å². The van der Waals surface area contributed by atoms with Crippen molar-refractivity contribution >= 4 is 17.5 Å². The fourth-order valence-corrected chi connectivity index (χ4v) is 2.20. The highest BCUT2D eigenvalue weighted by Crippen LogP contribution is 2.20. The molecule has 2 rings (SSSR count). The summed E-state index contributed by atoms with van der Waals surface area (Å²) in [6.07, 6.45) is 1.85. The minimum atomic E-state index is 0.161. The molecular formula is C14H20ClNO. The van der Waals surface area contributed by atoms with Gasteiger partial charge in [-0.1, -0.05) is 31.5 Å². The van der Waals surface area contributed by atoms with Crippen LogP contribution in [-0.4, -0.2) is 23.9 Å². The maximum absolute atomic E-state index is 11.3. The van der Waals surface area contributed by atoms with E-state index in [-0.39, 0.29) is 5.91 Å². The summed E-state index contributed by atoms with van der Waals surface area (Å²) in [4.78, 5) is 13.2. The lowest BCUT2D eigenvalue weighted by Crippen LogP contribution is -2.30. The Morgan fingerprint density at radius 2 is 1.76 bits per heavy atom. The van der Waals surface area contributed by atoms with Crippen LogP contribution in [0.3, 0.4) is 0 Å². The van der Waals surface area contributed by atoms with Crippen molar-refractivity contribution in [3.8, 4) is 0 Å². The number of nitrogens with zero attached hydrogens (tertiary/aromatic N) is 1. The third-order valence-electron chi connectivity index (χ3n) is 2.92. The molecule has 94 valence electrons. The number of carbonyl (C=O) groups is 1. The van der Waals surface area contributed by atoms with Crippen LogP contribution in [0.5, 0.6) is 0 Å². The van der Waals surface area contributed by atoms with Crippen LogP contribution in [0.25, 0.3) is 0 Å². The molecular weight excluding hydrogens is 234 g/mol. The molecule has 1 amide bonds. The van der Waals surface area contributed by atoms with Gasteiger partial charge in [0.1, 0.15) is 0 Å². The predicted octanol–water partition coefficient (Wildman–Crippen LogP) is 3.31. The number of halogens is 1. The van der Waals surface area contributed by atoms with Gasteiger partial charge in [-0.2, -0.15) is 0 Å². The van der Waals surface area contributed by atoms with Gasteiger partial charge in [-0.15, -0.1) is 0 Å². The summed E-state index contributed by atoms with van der Waals surface area (Å²) in [5, 5.41) is 0.782. The summed E-state index contributed by atoms with van der Waals surface area (Å²) in [5.74, 6) is 0.161. The average molecular weight is 254 g/mol. The molecule has 1 aliphatic rings. The van der Waals surface area contributed by atoms with E-state index in [1.165, 1.54) is 11.1 Å². The molecule has 0 saturated carbocycles. The number of hydrogen-bond donors (Lipinski definition) is 0. The van der Waals surface area contributed by atoms with Crippen molar-refractivity contribution in [1.82, 2.24) is 4.90 Å². The van der Waals surface area contributed by atoms with Crippen LogP contribution in [0.2, 0.25) is 5.02 Å². The Hall–Kier alpha value is -1.02. The van der Waals surface area contributed by atoms with Crippen LogP contribution >= 0.6 is 11.6 Å². The largest absolute Gasteiger partial charge is 0.342 e. The summed E-state index contributed by atoms with van der Waals surface area (Å²) >= 11 is 5.95. The Morgan fingerprint density at radius 1 is 1.18 bits per heavy atom. The van der Waals surface area contributed by atoms with Gasteiger partial charge in [0.15, 0.2) is 0 Å². The molecule has 17 heavy (non-hydrogen) atoms. The second kappa shape index (κ2) is 6.65. The number of amides is 1. The van der Waals surface area contributed by atoms with Crippen LogP contribution in [0.15, 0.2) is 18.2 Å². The van der Waals surface area contributed by atoms with Gasteiger partial charge in [0.2, 0.25) is 5.91 Å². The summed E-state index contributed by atoms with van der Waals surface area (Å²) in [7, 11) is 0. The molecule has 0 atom stereocenters. The zero-order chi connectivity index (χ0) is 12.8. The third kappa shape index (κ3) is 3.74. The first kappa shape index (κ1) is 14.0. The number of hydrogen-bond acceptors (Lipinski definition) is 1. The van der Waals surface area contributed by atoms with E-state index in [2.05, 4.69) is 6.07 Å². The lowest BCUT2D eigenvalue weighted by molar-refractivity contribution is -0.128. The highest BCUT2D eigenvalue weighted by Gasteiger charge is 2.15. The molecule has 0 unspecified atom stereocenters. The molecule has 0 radical (unpaired) electrons. The summed E-state index contributed by atoms with van der Waals surface area (Å²) in [6, 6.07) is 6.01. The van der Waals surface area contributed by atoms with Crippen molar-refractivity contribution in [1.29, 1.82) is 0 Å². The Bertz CT molecular complexity index is 390. The van der Waals surface area contributed by atoms with Crippen LogP contribution < -0.4 is 0 Å². The van der Waals surface area contributed by atoms with Gasteiger partial charge in [0, 0.05) is 25.0 Å². The highest BCUT2D eigenvalue weighted by atomic mass is 35.5. The Morgan fingerprint density at radius 3 is 2.35 bits per heavy atom. The molecule has 0 spiro atoms. The Labute approximate surface area is 109 Å². The topological polar surface area (TPSA) is 20.3 Å². The molecule has 0 saturated heterocycles. The van der Waals surface area contributed by atoms with E-state index in [1.54, 1.807) is 6.92 Å². The molecule has 1 heterocycles. The minimum Gasteiger partial charge on any atom is -0.342 e. The number of rotatable bonds is 0. The Balaban J connectivity index is 0.000000686. The quantitative estimate of drug-likeness (QED) is 0.695. The molecule has 0 aromatic heterocycles. The van der Waals surface area contributed by atoms with E-state index in [0.29, 0.717) is 0 Å². The molecule has 2 nitrogen and oxygen atoms in total. The smallest absolute Gasteiger partial charge is 0.219 e. The fourth-order valence-electron chi connectivity index (χ4n) is 2.01. The standard InChI is InChI=1S/C12H14ClNO.C2H6/c1-9(15)14-6-4-10-2-3-12(13)8-11(10)5-7-14;1-2/h2-3,8H,4-7H2,1H3;1-2H3. The zero-order valence-electron chi connectivity index (χ0n) is 10.8.